The molecule has 0 radical (unpaired) electrons. The first kappa shape index (κ1) is 20.3. The zero-order valence-corrected chi connectivity index (χ0v) is 16.4. The lowest BCUT2D eigenvalue weighted by molar-refractivity contribution is 0.0892. The number of carbonyl (C=O) groups excluding carboxylic acids is 1. The average Bonchev–Trinajstić information content (AvgIpc) is 3.19. The van der Waals surface area contributed by atoms with Gasteiger partial charge in [0.25, 0.3) is 15.9 Å². The number of amides is 1. The molecule has 1 unspecified atom stereocenters. The Balaban J connectivity index is 1.58. The van der Waals surface area contributed by atoms with E-state index in [0.717, 1.165) is 19.3 Å². The van der Waals surface area contributed by atoms with E-state index in [4.69, 9.17) is 9.15 Å². The van der Waals surface area contributed by atoms with Crippen molar-refractivity contribution < 1.29 is 26.8 Å². The highest BCUT2D eigenvalue weighted by Gasteiger charge is 2.29. The number of hydrogen-bond acceptors (Lipinski definition) is 5. The molecular weight excluding hydrogens is 387 g/mol. The number of ether oxygens (including phenoxy) is 1. The fraction of sp³-hybridized carbons (Fsp3) is 0.421. The molecule has 7 nitrogen and oxygen atoms in total. The summed E-state index contributed by atoms with van der Waals surface area (Å²) >= 11 is 0. The Morgan fingerprint density at radius 2 is 1.93 bits per heavy atom. The highest BCUT2D eigenvalue weighted by molar-refractivity contribution is 7.89. The monoisotopic (exact) mass is 410 g/mol. The smallest absolute Gasteiger partial charge is 0.287 e. The van der Waals surface area contributed by atoms with Crippen molar-refractivity contribution in [3.05, 3.63) is 48.0 Å². The lowest BCUT2D eigenvalue weighted by Gasteiger charge is -2.24. The highest BCUT2D eigenvalue weighted by atomic mass is 32.2. The second-order valence-electron chi connectivity index (χ2n) is 6.70. The van der Waals surface area contributed by atoms with Gasteiger partial charge in [-0.3, -0.25) is 4.79 Å². The largest absolute Gasteiger partial charge is 0.488 e. The Morgan fingerprint density at radius 3 is 2.64 bits per heavy atom. The first-order valence-corrected chi connectivity index (χ1v) is 10.6. The van der Waals surface area contributed by atoms with E-state index in [1.807, 2.05) is 0 Å². The summed E-state index contributed by atoms with van der Waals surface area (Å²) in [6, 6.07) is 8.16. The van der Waals surface area contributed by atoms with Crippen LogP contribution in [0.1, 0.15) is 36.7 Å². The Labute approximate surface area is 163 Å². The Morgan fingerprint density at radius 1 is 1.21 bits per heavy atom. The molecule has 3 rings (SSSR count). The number of sulfonamides is 1. The molecular formula is C19H23FN2O5S. The van der Waals surface area contributed by atoms with E-state index in [1.165, 1.54) is 28.6 Å². The predicted octanol–water partition coefficient (Wildman–Crippen LogP) is 2.79. The first-order chi connectivity index (χ1) is 13.4. The van der Waals surface area contributed by atoms with Crippen LogP contribution in [-0.4, -0.2) is 44.4 Å². The van der Waals surface area contributed by atoms with Crippen molar-refractivity contribution in [1.82, 2.24) is 9.62 Å². The zero-order chi connectivity index (χ0) is 20.1. The maximum absolute atomic E-state index is 13.5. The van der Waals surface area contributed by atoms with Crippen molar-refractivity contribution in [1.29, 1.82) is 0 Å². The minimum absolute atomic E-state index is 0.0479. The van der Waals surface area contributed by atoms with E-state index < -0.39 is 27.8 Å². The predicted molar refractivity (Wildman–Crippen MR) is 100 cm³/mol. The van der Waals surface area contributed by atoms with Crippen LogP contribution in [0.3, 0.4) is 0 Å². The van der Waals surface area contributed by atoms with Crippen LogP contribution in [0.15, 0.2) is 45.9 Å². The summed E-state index contributed by atoms with van der Waals surface area (Å²) in [7, 11) is -3.73. The maximum atomic E-state index is 13.5. The van der Waals surface area contributed by atoms with Crippen LogP contribution in [0.4, 0.5) is 4.39 Å². The number of nitrogens with one attached hydrogen (secondary N) is 1. The van der Waals surface area contributed by atoms with Crippen LogP contribution < -0.4 is 10.1 Å². The minimum atomic E-state index is -3.73. The molecule has 2 aromatic rings. The van der Waals surface area contributed by atoms with Gasteiger partial charge in [-0.15, -0.1) is 0 Å². The second kappa shape index (κ2) is 8.74. The number of halogens is 1. The molecule has 1 aromatic heterocycles. The number of furan rings is 1. The summed E-state index contributed by atoms with van der Waals surface area (Å²) in [5.41, 5.74) is 0. The molecule has 1 N–H and O–H groups in total. The van der Waals surface area contributed by atoms with Gasteiger partial charge in [0.15, 0.2) is 17.3 Å². The molecule has 152 valence electrons. The quantitative estimate of drug-likeness (QED) is 0.758. The number of nitrogens with zero attached hydrogens (tertiary/aromatic N) is 1. The molecule has 1 aliphatic heterocycles. The molecule has 0 bridgehead atoms. The molecule has 0 aliphatic carbocycles. The SMILES string of the molecule is CC(COc1ccccc1F)NC(=O)c1ccc(S(=O)(=O)N2CCCCC2)o1. The number of para-hydroxylation sites is 1. The molecule has 9 heteroatoms. The number of carbonyl (C=O) groups is 1. The Hall–Kier alpha value is -2.39. The summed E-state index contributed by atoms with van der Waals surface area (Å²) in [6.45, 7) is 2.64. The third-order valence-electron chi connectivity index (χ3n) is 4.42. The third-order valence-corrected chi connectivity index (χ3v) is 6.19. The standard InChI is InChI=1S/C19H23FN2O5S/c1-14(13-26-16-8-4-3-7-15(16)20)21-19(23)17-9-10-18(27-17)28(24,25)22-11-5-2-6-12-22/h3-4,7-10,14H,2,5-6,11-13H2,1H3,(H,21,23). The molecule has 0 spiro atoms. The molecule has 1 aromatic carbocycles. The van der Waals surface area contributed by atoms with E-state index in [0.29, 0.717) is 13.1 Å². The van der Waals surface area contributed by atoms with E-state index in [2.05, 4.69) is 5.32 Å². The van der Waals surface area contributed by atoms with Crippen molar-refractivity contribution >= 4 is 15.9 Å². The van der Waals surface area contributed by atoms with Gasteiger partial charge >= 0.3 is 0 Å². The van der Waals surface area contributed by atoms with Crippen LogP contribution in [0.5, 0.6) is 5.75 Å². The Bertz CT molecular complexity index is 922. The lowest BCUT2D eigenvalue weighted by Crippen LogP contribution is -2.37. The van der Waals surface area contributed by atoms with E-state index in [9.17, 15) is 17.6 Å². The van der Waals surface area contributed by atoms with Gasteiger partial charge in [-0.25, -0.2) is 12.8 Å². The fourth-order valence-electron chi connectivity index (χ4n) is 2.93. The van der Waals surface area contributed by atoms with Crippen LogP contribution in [0.25, 0.3) is 0 Å². The number of piperidine rings is 1. The number of hydrogen-bond donors (Lipinski definition) is 1. The van der Waals surface area contributed by atoms with Crippen LogP contribution >= 0.6 is 0 Å². The molecule has 0 saturated carbocycles. The summed E-state index contributed by atoms with van der Waals surface area (Å²) in [5.74, 6) is -1.06. The van der Waals surface area contributed by atoms with Crippen LogP contribution in [0, 0.1) is 5.82 Å². The average molecular weight is 410 g/mol. The number of rotatable bonds is 7. The van der Waals surface area contributed by atoms with Gasteiger partial charge in [0.05, 0.1) is 6.04 Å². The van der Waals surface area contributed by atoms with Crippen molar-refractivity contribution in [3.63, 3.8) is 0 Å². The third kappa shape index (κ3) is 4.71. The van der Waals surface area contributed by atoms with Gasteiger partial charge in [0, 0.05) is 13.1 Å². The zero-order valence-electron chi connectivity index (χ0n) is 15.6. The van der Waals surface area contributed by atoms with Crippen LogP contribution in [-0.2, 0) is 10.0 Å². The molecule has 28 heavy (non-hydrogen) atoms. The second-order valence-corrected chi connectivity index (χ2v) is 8.57. The van der Waals surface area contributed by atoms with Gasteiger partial charge in [0.1, 0.15) is 6.61 Å². The van der Waals surface area contributed by atoms with Crippen molar-refractivity contribution in [2.24, 2.45) is 0 Å². The summed E-state index contributed by atoms with van der Waals surface area (Å²) in [5, 5.41) is 2.40. The van der Waals surface area contributed by atoms with E-state index in [1.54, 1.807) is 19.1 Å². The van der Waals surface area contributed by atoms with Gasteiger partial charge in [-0.1, -0.05) is 18.6 Å². The summed E-state index contributed by atoms with van der Waals surface area (Å²) < 4.78 is 50.7. The highest BCUT2D eigenvalue weighted by Crippen LogP contribution is 2.22. The van der Waals surface area contributed by atoms with Crippen molar-refractivity contribution in [2.45, 2.75) is 37.3 Å². The maximum Gasteiger partial charge on any atom is 0.287 e. The van der Waals surface area contributed by atoms with Gasteiger partial charge in [-0.05, 0) is 44.0 Å². The van der Waals surface area contributed by atoms with E-state index >= 15 is 0 Å². The van der Waals surface area contributed by atoms with Crippen molar-refractivity contribution in [2.75, 3.05) is 19.7 Å². The van der Waals surface area contributed by atoms with Crippen molar-refractivity contribution in [3.8, 4) is 5.75 Å². The summed E-state index contributed by atoms with van der Waals surface area (Å²) in [6.07, 6.45) is 2.63. The first-order valence-electron chi connectivity index (χ1n) is 9.16. The normalized spacial score (nSPS) is 16.5. The fourth-order valence-corrected chi connectivity index (χ4v) is 4.35. The molecule has 1 fully saturated rings. The minimum Gasteiger partial charge on any atom is -0.488 e. The summed E-state index contributed by atoms with van der Waals surface area (Å²) in [4.78, 5) is 12.3. The van der Waals surface area contributed by atoms with Gasteiger partial charge < -0.3 is 14.5 Å². The van der Waals surface area contributed by atoms with E-state index in [-0.39, 0.29) is 23.2 Å². The van der Waals surface area contributed by atoms with Gasteiger partial charge in [0.2, 0.25) is 5.09 Å². The molecule has 1 saturated heterocycles. The molecule has 2 heterocycles. The topological polar surface area (TPSA) is 88.8 Å². The number of benzene rings is 1. The Kier molecular flexibility index (Phi) is 6.35. The molecule has 1 atom stereocenters. The van der Waals surface area contributed by atoms with Gasteiger partial charge in [-0.2, -0.15) is 4.31 Å². The lowest BCUT2D eigenvalue weighted by atomic mass is 10.2. The molecule has 1 amide bonds. The molecule has 1 aliphatic rings. The van der Waals surface area contributed by atoms with Crippen LogP contribution in [0.2, 0.25) is 0 Å².